The van der Waals surface area contributed by atoms with Gasteiger partial charge in [-0.1, -0.05) is 6.07 Å². The normalized spacial score (nSPS) is 19.8. The van der Waals surface area contributed by atoms with Gasteiger partial charge in [0.2, 0.25) is 0 Å². The van der Waals surface area contributed by atoms with E-state index in [0.29, 0.717) is 12.2 Å². The summed E-state index contributed by atoms with van der Waals surface area (Å²) >= 11 is 5.63. The number of ether oxygens (including phenoxy) is 1. The molecule has 0 aromatic heterocycles. The smallest absolute Gasteiger partial charge is 0.252 e. The Morgan fingerprint density at radius 2 is 2.38 bits per heavy atom. The van der Waals surface area contributed by atoms with Crippen LogP contribution in [0, 0.1) is 3.57 Å². The van der Waals surface area contributed by atoms with E-state index in [1.54, 1.807) is 0 Å². The van der Waals surface area contributed by atoms with Gasteiger partial charge in [-0.05, 0) is 57.1 Å². The zero-order chi connectivity index (χ0) is 11.5. The Hall–Kier alpha value is -0.140. The van der Waals surface area contributed by atoms with Crippen molar-refractivity contribution in [1.82, 2.24) is 5.32 Å². The van der Waals surface area contributed by atoms with E-state index in [0.717, 1.165) is 21.1 Å². The highest BCUT2D eigenvalue weighted by molar-refractivity contribution is 14.1. The highest BCUT2D eigenvalue weighted by Gasteiger charge is 2.20. The number of nitrogens with one attached hydrogen (secondary N) is 1. The van der Waals surface area contributed by atoms with Crippen molar-refractivity contribution >= 4 is 44.4 Å². The lowest BCUT2D eigenvalue weighted by Gasteiger charge is -2.12. The second-order valence-electron chi connectivity index (χ2n) is 3.64. The molecule has 1 heterocycles. The zero-order valence-corrected chi connectivity index (χ0v) is 12.2. The van der Waals surface area contributed by atoms with Gasteiger partial charge >= 0.3 is 0 Å². The van der Waals surface area contributed by atoms with Gasteiger partial charge in [0, 0.05) is 14.6 Å². The highest BCUT2D eigenvalue weighted by Crippen LogP contribution is 2.23. The summed E-state index contributed by atoms with van der Waals surface area (Å²) in [5.41, 5.74) is 0.679. The maximum absolute atomic E-state index is 12.0. The van der Waals surface area contributed by atoms with Crippen molar-refractivity contribution in [3.05, 3.63) is 31.8 Å². The third-order valence-corrected chi connectivity index (χ3v) is 4.96. The van der Waals surface area contributed by atoms with E-state index in [1.165, 1.54) is 0 Å². The van der Waals surface area contributed by atoms with Gasteiger partial charge in [-0.25, -0.2) is 0 Å². The second kappa shape index (κ2) is 5.46. The Morgan fingerprint density at radius 3 is 3.06 bits per heavy atom. The molecule has 0 spiro atoms. The Kier molecular flexibility index (Phi) is 4.21. The Balaban J connectivity index is 2.11. The molecule has 86 valence electrons. The van der Waals surface area contributed by atoms with Gasteiger partial charge in [-0.2, -0.15) is 0 Å². The first kappa shape index (κ1) is 12.3. The number of benzene rings is 1. The molecule has 1 saturated heterocycles. The first-order chi connectivity index (χ1) is 7.68. The van der Waals surface area contributed by atoms with Crippen LogP contribution in [0.25, 0.3) is 0 Å². The summed E-state index contributed by atoms with van der Waals surface area (Å²) in [6.45, 7) is 1.35. The fourth-order valence-electron chi connectivity index (χ4n) is 1.59. The van der Waals surface area contributed by atoms with E-state index in [-0.39, 0.29) is 11.9 Å². The summed E-state index contributed by atoms with van der Waals surface area (Å²) in [5, 5.41) is 2.97. The van der Waals surface area contributed by atoms with E-state index in [9.17, 15) is 4.79 Å². The molecule has 16 heavy (non-hydrogen) atoms. The molecule has 1 aliphatic heterocycles. The van der Waals surface area contributed by atoms with Crippen LogP contribution in [-0.4, -0.2) is 25.2 Å². The van der Waals surface area contributed by atoms with Crippen LogP contribution < -0.4 is 5.32 Å². The first-order valence-electron chi connectivity index (χ1n) is 5.01. The number of halogens is 2. The van der Waals surface area contributed by atoms with E-state index in [1.807, 2.05) is 18.2 Å². The largest absolute Gasteiger partial charge is 0.379 e. The number of carbonyl (C=O) groups is 1. The summed E-state index contributed by atoms with van der Waals surface area (Å²) in [6, 6.07) is 5.81. The molecule has 2 rings (SSSR count). The molecule has 0 radical (unpaired) electrons. The number of rotatable bonds is 2. The molecular formula is C11H11BrINO2. The molecule has 5 heteroatoms. The van der Waals surface area contributed by atoms with Crippen LogP contribution in [0.4, 0.5) is 0 Å². The fourth-order valence-corrected chi connectivity index (χ4v) is 2.53. The molecule has 1 aromatic rings. The third kappa shape index (κ3) is 2.75. The number of amides is 1. The van der Waals surface area contributed by atoms with Crippen molar-refractivity contribution in [3.8, 4) is 0 Å². The molecule has 1 amide bonds. The Labute approximate surface area is 116 Å². The second-order valence-corrected chi connectivity index (χ2v) is 5.59. The van der Waals surface area contributed by atoms with E-state index in [2.05, 4.69) is 43.8 Å². The van der Waals surface area contributed by atoms with Crippen molar-refractivity contribution in [2.45, 2.75) is 12.5 Å². The van der Waals surface area contributed by atoms with Crippen LogP contribution in [0.5, 0.6) is 0 Å². The summed E-state index contributed by atoms with van der Waals surface area (Å²) in [5.74, 6) is -0.0408. The quantitative estimate of drug-likeness (QED) is 0.781. The van der Waals surface area contributed by atoms with Crippen LogP contribution >= 0.6 is 38.5 Å². The molecule has 1 aromatic carbocycles. The first-order valence-corrected chi connectivity index (χ1v) is 6.88. The van der Waals surface area contributed by atoms with Crippen molar-refractivity contribution in [2.75, 3.05) is 13.2 Å². The average molecular weight is 396 g/mol. The van der Waals surface area contributed by atoms with Crippen molar-refractivity contribution in [1.29, 1.82) is 0 Å². The van der Waals surface area contributed by atoms with Crippen molar-refractivity contribution < 1.29 is 9.53 Å². The van der Waals surface area contributed by atoms with E-state index >= 15 is 0 Å². The summed E-state index contributed by atoms with van der Waals surface area (Å²) in [7, 11) is 0. The van der Waals surface area contributed by atoms with Crippen LogP contribution in [0.15, 0.2) is 22.7 Å². The van der Waals surface area contributed by atoms with E-state index < -0.39 is 0 Å². The maximum atomic E-state index is 12.0. The molecule has 0 bridgehead atoms. The van der Waals surface area contributed by atoms with Gasteiger partial charge in [0.05, 0.1) is 18.2 Å². The monoisotopic (exact) mass is 395 g/mol. The fraction of sp³-hybridized carbons (Fsp3) is 0.364. The molecular weight excluding hydrogens is 385 g/mol. The Morgan fingerprint density at radius 1 is 1.56 bits per heavy atom. The zero-order valence-electron chi connectivity index (χ0n) is 8.50. The average Bonchev–Trinajstić information content (AvgIpc) is 2.74. The molecule has 1 atom stereocenters. The van der Waals surface area contributed by atoms with Gasteiger partial charge in [0.15, 0.2) is 0 Å². The molecule has 1 fully saturated rings. The molecule has 1 aliphatic rings. The van der Waals surface area contributed by atoms with Gasteiger partial charge in [0.1, 0.15) is 0 Å². The molecule has 3 nitrogen and oxygen atoms in total. The molecule has 0 aliphatic carbocycles. The lowest BCUT2D eigenvalue weighted by Crippen LogP contribution is -2.35. The van der Waals surface area contributed by atoms with Gasteiger partial charge < -0.3 is 10.1 Å². The van der Waals surface area contributed by atoms with E-state index in [4.69, 9.17) is 4.74 Å². The third-order valence-electron chi connectivity index (χ3n) is 2.46. The topological polar surface area (TPSA) is 38.3 Å². The lowest BCUT2D eigenvalue weighted by molar-refractivity contribution is 0.0929. The molecule has 1 N–H and O–H groups in total. The number of hydrogen-bond donors (Lipinski definition) is 1. The van der Waals surface area contributed by atoms with Crippen molar-refractivity contribution in [3.63, 3.8) is 0 Å². The van der Waals surface area contributed by atoms with Crippen LogP contribution in [-0.2, 0) is 4.74 Å². The van der Waals surface area contributed by atoms with Crippen LogP contribution in [0.3, 0.4) is 0 Å². The summed E-state index contributed by atoms with van der Waals surface area (Å²) in [4.78, 5) is 12.0. The minimum absolute atomic E-state index is 0.0408. The Bertz CT molecular complexity index is 405. The van der Waals surface area contributed by atoms with Crippen molar-refractivity contribution in [2.24, 2.45) is 0 Å². The predicted molar refractivity (Wildman–Crippen MR) is 73.5 cm³/mol. The van der Waals surface area contributed by atoms with Crippen LogP contribution in [0.2, 0.25) is 0 Å². The minimum Gasteiger partial charge on any atom is -0.379 e. The molecule has 1 unspecified atom stereocenters. The van der Waals surface area contributed by atoms with Gasteiger partial charge in [0.25, 0.3) is 5.91 Å². The number of carbonyl (C=O) groups excluding carboxylic acids is 1. The SMILES string of the molecule is O=C(NC1CCOC1)c1cccc(I)c1Br. The van der Waals surface area contributed by atoms with Crippen LogP contribution in [0.1, 0.15) is 16.8 Å². The lowest BCUT2D eigenvalue weighted by atomic mass is 10.2. The number of hydrogen-bond acceptors (Lipinski definition) is 2. The summed E-state index contributed by atoms with van der Waals surface area (Å²) < 4.78 is 7.11. The predicted octanol–water partition coefficient (Wildman–Crippen LogP) is 2.57. The standard InChI is InChI=1S/C11H11BrINO2/c12-10-8(2-1-3-9(10)13)11(15)14-7-4-5-16-6-7/h1-3,7H,4-6H2,(H,14,15). The minimum atomic E-state index is -0.0408. The summed E-state index contributed by atoms with van der Waals surface area (Å²) in [6.07, 6.45) is 0.896. The van der Waals surface area contributed by atoms with Gasteiger partial charge in [-0.15, -0.1) is 0 Å². The molecule has 0 saturated carbocycles. The van der Waals surface area contributed by atoms with Gasteiger partial charge in [-0.3, -0.25) is 4.79 Å². The maximum Gasteiger partial charge on any atom is 0.252 e. The highest BCUT2D eigenvalue weighted by atomic mass is 127.